The van der Waals surface area contributed by atoms with E-state index in [4.69, 9.17) is 21.1 Å². The summed E-state index contributed by atoms with van der Waals surface area (Å²) in [7, 11) is 0. The summed E-state index contributed by atoms with van der Waals surface area (Å²) >= 11 is 7.43. The largest absolute Gasteiger partial charge is 0.485 e. The summed E-state index contributed by atoms with van der Waals surface area (Å²) in [5, 5.41) is 2.95. The Morgan fingerprint density at radius 1 is 1.37 bits per heavy atom. The normalized spacial score (nSPS) is 16.8. The van der Waals surface area contributed by atoms with Crippen LogP contribution >= 0.6 is 22.9 Å². The molecule has 2 aromatic rings. The van der Waals surface area contributed by atoms with Gasteiger partial charge in [-0.1, -0.05) is 23.7 Å². The molecule has 144 valence electrons. The van der Waals surface area contributed by atoms with Crippen molar-refractivity contribution in [2.45, 2.75) is 26.4 Å². The summed E-state index contributed by atoms with van der Waals surface area (Å²) in [6, 6.07) is 7.21. The lowest BCUT2D eigenvalue weighted by molar-refractivity contribution is -0.149. The molecule has 1 fully saturated rings. The lowest BCUT2D eigenvalue weighted by Gasteiger charge is -2.31. The van der Waals surface area contributed by atoms with Gasteiger partial charge < -0.3 is 14.4 Å². The minimum absolute atomic E-state index is 0.163. The highest BCUT2D eigenvalue weighted by Crippen LogP contribution is 2.25. The quantitative estimate of drug-likeness (QED) is 0.680. The summed E-state index contributed by atoms with van der Waals surface area (Å²) in [5.41, 5.74) is 0.377. The van der Waals surface area contributed by atoms with Crippen LogP contribution in [0.2, 0.25) is 5.02 Å². The van der Waals surface area contributed by atoms with Crippen LogP contribution in [0.5, 0.6) is 5.75 Å². The third-order valence-electron chi connectivity index (χ3n) is 4.29. The van der Waals surface area contributed by atoms with Crippen LogP contribution in [0.15, 0.2) is 29.6 Å². The van der Waals surface area contributed by atoms with Crippen LogP contribution in [0.25, 0.3) is 0 Å². The van der Waals surface area contributed by atoms with E-state index in [1.165, 1.54) is 11.3 Å². The van der Waals surface area contributed by atoms with Crippen molar-refractivity contribution >= 4 is 34.8 Å². The van der Waals surface area contributed by atoms with Gasteiger partial charge in [-0.2, -0.15) is 0 Å². The molecule has 3 rings (SSSR count). The molecule has 6 nitrogen and oxygen atoms in total. The summed E-state index contributed by atoms with van der Waals surface area (Å²) in [6.45, 7) is 3.38. The van der Waals surface area contributed by atoms with E-state index in [9.17, 15) is 9.59 Å². The Morgan fingerprint density at radius 2 is 2.19 bits per heavy atom. The second-order valence-electron chi connectivity index (χ2n) is 6.19. The molecule has 2 heterocycles. The van der Waals surface area contributed by atoms with Crippen molar-refractivity contribution in [2.24, 2.45) is 5.92 Å². The lowest BCUT2D eigenvalue weighted by atomic mass is 9.98. The molecule has 1 aliphatic heterocycles. The fourth-order valence-corrected chi connectivity index (χ4v) is 3.82. The van der Waals surface area contributed by atoms with Gasteiger partial charge in [0, 0.05) is 18.5 Å². The molecule has 0 radical (unpaired) electrons. The molecule has 0 spiro atoms. The number of halogens is 1. The van der Waals surface area contributed by atoms with Crippen LogP contribution in [0.1, 0.15) is 35.3 Å². The van der Waals surface area contributed by atoms with Crippen molar-refractivity contribution in [3.8, 4) is 5.75 Å². The predicted molar refractivity (Wildman–Crippen MR) is 103 cm³/mol. The van der Waals surface area contributed by atoms with Gasteiger partial charge in [-0.3, -0.25) is 9.59 Å². The van der Waals surface area contributed by atoms with Crippen LogP contribution in [0.3, 0.4) is 0 Å². The highest BCUT2D eigenvalue weighted by atomic mass is 35.5. The summed E-state index contributed by atoms with van der Waals surface area (Å²) in [5.74, 6) is -0.0776. The average Bonchev–Trinajstić information content (AvgIpc) is 3.16. The van der Waals surface area contributed by atoms with E-state index in [0.717, 1.165) is 12.8 Å². The maximum absolute atomic E-state index is 12.7. The Morgan fingerprint density at radius 3 is 2.96 bits per heavy atom. The van der Waals surface area contributed by atoms with Crippen LogP contribution in [0.4, 0.5) is 0 Å². The molecule has 0 bridgehead atoms. The lowest BCUT2D eigenvalue weighted by Crippen LogP contribution is -2.43. The predicted octanol–water partition coefficient (Wildman–Crippen LogP) is 3.79. The van der Waals surface area contributed by atoms with E-state index in [1.807, 2.05) is 12.1 Å². The molecule has 0 aliphatic carbocycles. The van der Waals surface area contributed by atoms with Gasteiger partial charge in [-0.15, -0.1) is 11.3 Å². The van der Waals surface area contributed by atoms with Gasteiger partial charge in [0.15, 0.2) is 0 Å². The molecule has 1 aromatic heterocycles. The Labute approximate surface area is 167 Å². The SMILES string of the molecule is CCOC(=O)C1CCCN(C(=O)c2csc(COc3ccccc3Cl)n2)C1. The van der Waals surface area contributed by atoms with E-state index in [1.54, 1.807) is 29.3 Å². The monoisotopic (exact) mass is 408 g/mol. The van der Waals surface area contributed by atoms with Gasteiger partial charge in [-0.25, -0.2) is 4.98 Å². The number of benzene rings is 1. The number of para-hydroxylation sites is 1. The molecule has 0 N–H and O–H groups in total. The number of aromatic nitrogens is 1. The van der Waals surface area contributed by atoms with E-state index >= 15 is 0 Å². The number of thiazole rings is 1. The zero-order valence-electron chi connectivity index (χ0n) is 15.0. The number of carbonyl (C=O) groups excluding carboxylic acids is 2. The van der Waals surface area contributed by atoms with Crippen molar-refractivity contribution in [2.75, 3.05) is 19.7 Å². The molecule has 1 saturated heterocycles. The summed E-state index contributed by atoms with van der Waals surface area (Å²) < 4.78 is 10.8. The zero-order valence-corrected chi connectivity index (χ0v) is 16.6. The maximum Gasteiger partial charge on any atom is 0.310 e. The molecular weight excluding hydrogens is 388 g/mol. The van der Waals surface area contributed by atoms with Gasteiger partial charge in [0.25, 0.3) is 5.91 Å². The van der Waals surface area contributed by atoms with Gasteiger partial charge >= 0.3 is 5.97 Å². The molecule has 27 heavy (non-hydrogen) atoms. The third kappa shape index (κ3) is 4.99. The van der Waals surface area contributed by atoms with E-state index in [0.29, 0.717) is 41.2 Å². The van der Waals surface area contributed by atoms with Gasteiger partial charge in [-0.05, 0) is 31.9 Å². The average molecular weight is 409 g/mol. The van der Waals surface area contributed by atoms with Gasteiger partial charge in [0.05, 0.1) is 17.5 Å². The molecule has 0 saturated carbocycles. The van der Waals surface area contributed by atoms with Crippen molar-refractivity contribution in [1.29, 1.82) is 0 Å². The molecular formula is C19H21ClN2O4S. The van der Waals surface area contributed by atoms with Crippen LogP contribution < -0.4 is 4.74 Å². The first kappa shape index (κ1) is 19.6. The number of carbonyl (C=O) groups is 2. The van der Waals surface area contributed by atoms with E-state index < -0.39 is 0 Å². The number of ether oxygens (including phenoxy) is 2. The minimum Gasteiger partial charge on any atom is -0.485 e. The number of hydrogen-bond donors (Lipinski definition) is 0. The maximum atomic E-state index is 12.7. The Hall–Kier alpha value is -2.12. The number of likely N-dealkylation sites (tertiary alicyclic amines) is 1. The first-order chi connectivity index (χ1) is 13.1. The molecule has 1 amide bonds. The standard InChI is InChI=1S/C19H21ClN2O4S/c1-2-25-19(24)13-6-5-9-22(10-13)18(23)15-12-27-17(21-15)11-26-16-8-4-3-7-14(16)20/h3-4,7-8,12-13H,2,5-6,9-11H2,1H3. The first-order valence-electron chi connectivity index (χ1n) is 8.86. The summed E-state index contributed by atoms with van der Waals surface area (Å²) in [6.07, 6.45) is 1.53. The van der Waals surface area contributed by atoms with E-state index in [2.05, 4.69) is 4.98 Å². The van der Waals surface area contributed by atoms with Crippen molar-refractivity contribution < 1.29 is 19.1 Å². The van der Waals surface area contributed by atoms with Crippen molar-refractivity contribution in [3.05, 3.63) is 45.4 Å². The Kier molecular flexibility index (Phi) is 6.68. The Balaban J connectivity index is 1.59. The topological polar surface area (TPSA) is 68.7 Å². The second kappa shape index (κ2) is 9.19. The first-order valence-corrected chi connectivity index (χ1v) is 10.1. The van der Waals surface area contributed by atoms with Crippen LogP contribution in [-0.4, -0.2) is 41.5 Å². The zero-order chi connectivity index (χ0) is 19.2. The fourth-order valence-electron chi connectivity index (χ4n) is 2.95. The number of rotatable bonds is 6. The van der Waals surface area contributed by atoms with E-state index in [-0.39, 0.29) is 24.4 Å². The molecule has 1 aromatic carbocycles. The minimum atomic E-state index is -0.260. The molecule has 8 heteroatoms. The van der Waals surface area contributed by atoms with Crippen molar-refractivity contribution in [3.63, 3.8) is 0 Å². The second-order valence-corrected chi connectivity index (χ2v) is 7.54. The van der Waals surface area contributed by atoms with Crippen LogP contribution in [0, 0.1) is 5.92 Å². The molecule has 1 atom stereocenters. The fraction of sp³-hybridized carbons (Fsp3) is 0.421. The number of esters is 1. The van der Waals surface area contributed by atoms with Crippen LogP contribution in [-0.2, 0) is 16.1 Å². The third-order valence-corrected chi connectivity index (χ3v) is 5.42. The van der Waals surface area contributed by atoms with Gasteiger partial charge in [0.2, 0.25) is 0 Å². The molecule has 1 unspecified atom stereocenters. The van der Waals surface area contributed by atoms with Gasteiger partial charge in [0.1, 0.15) is 23.1 Å². The number of amides is 1. The molecule has 1 aliphatic rings. The smallest absolute Gasteiger partial charge is 0.310 e. The highest BCUT2D eigenvalue weighted by molar-refractivity contribution is 7.09. The Bertz CT molecular complexity index is 811. The number of nitrogens with zero attached hydrogens (tertiary/aromatic N) is 2. The number of hydrogen-bond acceptors (Lipinski definition) is 6. The highest BCUT2D eigenvalue weighted by Gasteiger charge is 2.30. The summed E-state index contributed by atoms with van der Waals surface area (Å²) in [4.78, 5) is 30.7. The van der Waals surface area contributed by atoms with Crippen molar-refractivity contribution in [1.82, 2.24) is 9.88 Å². The number of piperidine rings is 1.